The molecule has 0 spiro atoms. The van der Waals surface area contributed by atoms with Crippen molar-refractivity contribution in [2.24, 2.45) is 7.05 Å². The molecule has 2 rings (SSSR count). The molecule has 0 fully saturated rings. The summed E-state index contributed by atoms with van der Waals surface area (Å²) in [6, 6.07) is 0. The summed E-state index contributed by atoms with van der Waals surface area (Å²) in [5.74, 6) is 0.374. The maximum absolute atomic E-state index is 11.9. The smallest absolute Gasteiger partial charge is 0.249 e. The predicted octanol–water partition coefficient (Wildman–Crippen LogP) is 2.32. The fourth-order valence-corrected chi connectivity index (χ4v) is 2.08. The average Bonchev–Trinajstić information content (AvgIpc) is 2.94. The molecule has 0 aliphatic heterocycles. The molecule has 1 amide bonds. The van der Waals surface area contributed by atoms with Gasteiger partial charge in [0.2, 0.25) is 5.91 Å². The van der Waals surface area contributed by atoms with E-state index in [0.717, 1.165) is 23.2 Å². The molecule has 2 aromatic rings. The van der Waals surface area contributed by atoms with Crippen molar-refractivity contribution in [3.8, 4) is 0 Å². The number of amides is 1. The molecule has 0 unspecified atom stereocenters. The SMILES string of the molecule is CCc1cn[nH]c1NC(=O)/C=C/c1c(C)nn(C)c1Cl. The summed E-state index contributed by atoms with van der Waals surface area (Å²) in [7, 11) is 1.75. The minimum atomic E-state index is -0.247. The molecule has 0 aliphatic rings. The summed E-state index contributed by atoms with van der Waals surface area (Å²) in [6.45, 7) is 3.84. The van der Waals surface area contributed by atoms with Gasteiger partial charge in [0.15, 0.2) is 0 Å². The Hall–Kier alpha value is -2.08. The van der Waals surface area contributed by atoms with Crippen LogP contribution in [-0.2, 0) is 18.3 Å². The average molecular weight is 294 g/mol. The van der Waals surface area contributed by atoms with Gasteiger partial charge in [-0.3, -0.25) is 14.6 Å². The lowest BCUT2D eigenvalue weighted by molar-refractivity contribution is -0.111. The molecule has 20 heavy (non-hydrogen) atoms. The molecule has 0 aliphatic carbocycles. The Kier molecular flexibility index (Phi) is 4.24. The number of aromatic nitrogens is 4. The Balaban J connectivity index is 2.10. The van der Waals surface area contributed by atoms with Gasteiger partial charge in [-0.1, -0.05) is 18.5 Å². The molecule has 0 radical (unpaired) electrons. The second-order valence-electron chi connectivity index (χ2n) is 4.36. The lowest BCUT2D eigenvalue weighted by Crippen LogP contribution is -2.09. The number of rotatable bonds is 4. The zero-order valence-electron chi connectivity index (χ0n) is 11.6. The highest BCUT2D eigenvalue weighted by Crippen LogP contribution is 2.20. The number of anilines is 1. The van der Waals surface area contributed by atoms with Crippen LogP contribution in [0, 0.1) is 6.92 Å². The van der Waals surface area contributed by atoms with Gasteiger partial charge in [-0.25, -0.2) is 0 Å². The maximum atomic E-state index is 11.9. The van der Waals surface area contributed by atoms with E-state index in [9.17, 15) is 4.79 Å². The Bertz CT molecular complexity index is 656. The first-order valence-corrected chi connectivity index (χ1v) is 6.61. The number of H-pyrrole nitrogens is 1. The summed E-state index contributed by atoms with van der Waals surface area (Å²) in [4.78, 5) is 11.9. The van der Waals surface area contributed by atoms with E-state index in [1.807, 2.05) is 13.8 Å². The maximum Gasteiger partial charge on any atom is 0.249 e. The number of halogens is 1. The minimum absolute atomic E-state index is 0.247. The number of carbonyl (C=O) groups is 1. The van der Waals surface area contributed by atoms with E-state index in [1.54, 1.807) is 24.0 Å². The van der Waals surface area contributed by atoms with Gasteiger partial charge in [-0.05, 0) is 19.4 Å². The van der Waals surface area contributed by atoms with E-state index in [0.29, 0.717) is 11.0 Å². The number of hydrogen-bond acceptors (Lipinski definition) is 3. The van der Waals surface area contributed by atoms with E-state index in [4.69, 9.17) is 11.6 Å². The molecule has 0 atom stereocenters. The second-order valence-corrected chi connectivity index (χ2v) is 4.72. The monoisotopic (exact) mass is 293 g/mol. The van der Waals surface area contributed by atoms with Gasteiger partial charge in [-0.2, -0.15) is 10.2 Å². The highest BCUT2D eigenvalue weighted by molar-refractivity contribution is 6.31. The summed E-state index contributed by atoms with van der Waals surface area (Å²) >= 11 is 6.09. The Morgan fingerprint density at radius 3 is 2.95 bits per heavy atom. The highest BCUT2D eigenvalue weighted by Gasteiger charge is 2.09. The number of aromatic amines is 1. The van der Waals surface area contributed by atoms with Crippen LogP contribution in [0.25, 0.3) is 6.08 Å². The first kappa shape index (κ1) is 14.3. The number of hydrogen-bond donors (Lipinski definition) is 2. The van der Waals surface area contributed by atoms with Gasteiger partial charge in [0, 0.05) is 24.3 Å². The van der Waals surface area contributed by atoms with Crippen LogP contribution in [0.2, 0.25) is 5.15 Å². The zero-order chi connectivity index (χ0) is 14.7. The summed E-state index contributed by atoms with van der Waals surface area (Å²) in [5, 5.41) is 14.1. The van der Waals surface area contributed by atoms with Gasteiger partial charge in [0.1, 0.15) is 11.0 Å². The number of carbonyl (C=O) groups excluding carboxylic acids is 1. The molecular formula is C13H16ClN5O. The van der Waals surface area contributed by atoms with Crippen molar-refractivity contribution in [2.45, 2.75) is 20.3 Å². The fourth-order valence-electron chi connectivity index (χ4n) is 1.85. The van der Waals surface area contributed by atoms with Crippen molar-refractivity contribution < 1.29 is 4.79 Å². The molecule has 6 nitrogen and oxygen atoms in total. The molecule has 2 heterocycles. The first-order chi connectivity index (χ1) is 9.52. The molecule has 0 saturated carbocycles. The van der Waals surface area contributed by atoms with Gasteiger partial charge < -0.3 is 5.32 Å². The third-order valence-electron chi connectivity index (χ3n) is 2.94. The van der Waals surface area contributed by atoms with Gasteiger partial charge >= 0.3 is 0 Å². The molecule has 0 aromatic carbocycles. The second kappa shape index (κ2) is 5.92. The van der Waals surface area contributed by atoms with Crippen LogP contribution in [0.15, 0.2) is 12.3 Å². The fraction of sp³-hybridized carbons (Fsp3) is 0.308. The third kappa shape index (κ3) is 2.91. The van der Waals surface area contributed by atoms with Crippen molar-refractivity contribution in [3.63, 3.8) is 0 Å². The summed E-state index contributed by atoms with van der Waals surface area (Å²) in [5.41, 5.74) is 2.48. The summed E-state index contributed by atoms with van der Waals surface area (Å²) < 4.78 is 1.57. The van der Waals surface area contributed by atoms with Gasteiger partial charge in [-0.15, -0.1) is 0 Å². The molecule has 2 N–H and O–H groups in total. The van der Waals surface area contributed by atoms with Crippen molar-refractivity contribution in [1.82, 2.24) is 20.0 Å². The van der Waals surface area contributed by atoms with Gasteiger partial charge in [0.25, 0.3) is 0 Å². The lowest BCUT2D eigenvalue weighted by Gasteiger charge is -2.00. The number of nitrogens with zero attached hydrogens (tertiary/aromatic N) is 3. The minimum Gasteiger partial charge on any atom is -0.307 e. The van der Waals surface area contributed by atoms with Crippen molar-refractivity contribution in [3.05, 3.63) is 34.2 Å². The van der Waals surface area contributed by atoms with Crippen LogP contribution in [0.1, 0.15) is 23.7 Å². The van der Waals surface area contributed by atoms with Crippen LogP contribution in [0.4, 0.5) is 5.82 Å². The van der Waals surface area contributed by atoms with E-state index in [2.05, 4.69) is 20.6 Å². The third-order valence-corrected chi connectivity index (χ3v) is 3.39. The molecule has 0 saturated heterocycles. The van der Waals surface area contributed by atoms with E-state index in [-0.39, 0.29) is 5.91 Å². The van der Waals surface area contributed by atoms with Crippen LogP contribution in [0.5, 0.6) is 0 Å². The first-order valence-electron chi connectivity index (χ1n) is 6.23. The molecule has 106 valence electrons. The van der Waals surface area contributed by atoms with Crippen LogP contribution in [0.3, 0.4) is 0 Å². The largest absolute Gasteiger partial charge is 0.307 e. The Morgan fingerprint density at radius 1 is 1.60 bits per heavy atom. The van der Waals surface area contributed by atoms with Crippen molar-refractivity contribution >= 4 is 29.4 Å². The zero-order valence-corrected chi connectivity index (χ0v) is 12.3. The Morgan fingerprint density at radius 2 is 2.35 bits per heavy atom. The summed E-state index contributed by atoms with van der Waals surface area (Å²) in [6.07, 6.45) is 5.57. The number of nitrogens with one attached hydrogen (secondary N) is 2. The van der Waals surface area contributed by atoms with Crippen LogP contribution in [-0.4, -0.2) is 25.9 Å². The van der Waals surface area contributed by atoms with Crippen molar-refractivity contribution in [1.29, 1.82) is 0 Å². The molecular weight excluding hydrogens is 278 g/mol. The number of aryl methyl sites for hydroxylation is 3. The van der Waals surface area contributed by atoms with Crippen LogP contribution < -0.4 is 5.32 Å². The molecule has 0 bridgehead atoms. The van der Waals surface area contributed by atoms with E-state index in [1.165, 1.54) is 6.08 Å². The normalized spacial score (nSPS) is 11.2. The predicted molar refractivity (Wildman–Crippen MR) is 78.6 cm³/mol. The van der Waals surface area contributed by atoms with E-state index < -0.39 is 0 Å². The highest BCUT2D eigenvalue weighted by atomic mass is 35.5. The molecule has 7 heteroatoms. The van der Waals surface area contributed by atoms with E-state index >= 15 is 0 Å². The van der Waals surface area contributed by atoms with Crippen molar-refractivity contribution in [2.75, 3.05) is 5.32 Å². The van der Waals surface area contributed by atoms with Gasteiger partial charge in [0.05, 0.1) is 11.9 Å². The topological polar surface area (TPSA) is 75.6 Å². The molecule has 2 aromatic heterocycles. The quantitative estimate of drug-likeness (QED) is 0.850. The Labute approximate surface area is 121 Å². The lowest BCUT2D eigenvalue weighted by atomic mass is 10.2. The van der Waals surface area contributed by atoms with Crippen LogP contribution >= 0.6 is 11.6 Å². The standard InChI is InChI=1S/C13H16ClN5O/c1-4-9-7-15-17-13(9)16-11(20)6-5-10-8(2)18-19(3)12(10)14/h5-7H,4H2,1-3H3,(H2,15,16,17,20)/b6-5+.